The predicted molar refractivity (Wildman–Crippen MR) is 99.6 cm³/mol. The summed E-state index contributed by atoms with van der Waals surface area (Å²) in [6.45, 7) is 0. The van der Waals surface area contributed by atoms with E-state index in [0.717, 1.165) is 10.9 Å². The van der Waals surface area contributed by atoms with Gasteiger partial charge >= 0.3 is 23.5 Å². The minimum atomic E-state index is -5.92. The molecule has 4 rings (SSSR count). The van der Waals surface area contributed by atoms with Crippen LogP contribution in [0.1, 0.15) is 6.23 Å². The van der Waals surface area contributed by atoms with Crippen LogP contribution >= 0.6 is 23.5 Å². The zero-order valence-electron chi connectivity index (χ0n) is 15.9. The van der Waals surface area contributed by atoms with Crippen molar-refractivity contribution in [3.05, 3.63) is 16.7 Å². The van der Waals surface area contributed by atoms with E-state index in [4.69, 9.17) is 20.3 Å². The number of hydrogen-bond donors (Lipinski definition) is 7. The summed E-state index contributed by atoms with van der Waals surface area (Å²) in [6.07, 6.45) is -5.88. The molecule has 0 spiro atoms. The first-order valence-corrected chi connectivity index (χ1v) is 13.0. The highest BCUT2D eigenvalue weighted by Gasteiger charge is 2.91. The molecule has 3 heterocycles. The summed E-state index contributed by atoms with van der Waals surface area (Å²) < 4.78 is 66.9. The van der Waals surface area contributed by atoms with Crippen LogP contribution in [0.25, 0.3) is 11.2 Å². The van der Waals surface area contributed by atoms with Gasteiger partial charge in [0.05, 0.1) is 6.33 Å². The lowest BCUT2D eigenvalue weighted by atomic mass is 10.1. The van der Waals surface area contributed by atoms with Crippen LogP contribution < -0.4 is 11.3 Å². The summed E-state index contributed by atoms with van der Waals surface area (Å²) >= 11 is 0. The molecular formula is C11H12FN6O13P3. The molecule has 2 fully saturated rings. The molecule has 1 saturated carbocycles. The minimum Gasteiger partial charge on any atom is -0.380 e. The maximum atomic E-state index is 15.3. The topological polar surface area (TPSA) is 303 Å². The lowest BCUT2D eigenvalue weighted by Gasteiger charge is -2.23. The lowest BCUT2D eigenvalue weighted by Crippen LogP contribution is -2.34. The molecular weight excluding hydrogens is 536 g/mol. The van der Waals surface area contributed by atoms with Crippen molar-refractivity contribution in [3.63, 3.8) is 0 Å². The molecule has 7 atom stereocenters. The molecule has 0 amide bonds. The van der Waals surface area contributed by atoms with Gasteiger partial charge in [-0.25, -0.2) is 23.1 Å². The number of hydrogen-bond acceptors (Lipinski definition) is 13. The van der Waals surface area contributed by atoms with E-state index in [1.54, 1.807) is 0 Å². The highest BCUT2D eigenvalue weighted by Crippen LogP contribution is 2.72. The van der Waals surface area contributed by atoms with E-state index >= 15 is 4.39 Å². The molecule has 1 aliphatic carbocycles. The Morgan fingerprint density at radius 2 is 1.91 bits per heavy atom. The van der Waals surface area contributed by atoms with Gasteiger partial charge in [-0.05, 0) is 0 Å². The summed E-state index contributed by atoms with van der Waals surface area (Å²) in [7, 11) is -17.4. The van der Waals surface area contributed by atoms with Crippen molar-refractivity contribution in [3.8, 4) is 6.07 Å². The van der Waals surface area contributed by atoms with Crippen molar-refractivity contribution < 1.29 is 60.6 Å². The van der Waals surface area contributed by atoms with Gasteiger partial charge < -0.3 is 35.2 Å². The number of aromatic amines is 1. The molecule has 34 heavy (non-hydrogen) atoms. The second-order valence-electron chi connectivity index (χ2n) is 6.93. The van der Waals surface area contributed by atoms with E-state index < -0.39 is 58.7 Å². The quantitative estimate of drug-likeness (QED) is 0.189. The van der Waals surface area contributed by atoms with E-state index in [0.29, 0.717) is 0 Å². The van der Waals surface area contributed by atoms with Gasteiger partial charge in [-0.1, -0.05) is 0 Å². The zero-order valence-corrected chi connectivity index (χ0v) is 18.6. The van der Waals surface area contributed by atoms with E-state index in [1.165, 1.54) is 6.07 Å². The van der Waals surface area contributed by atoms with Crippen LogP contribution in [0, 0.1) is 11.3 Å². The number of imidazole rings is 1. The van der Waals surface area contributed by atoms with Crippen LogP contribution in [0.4, 0.5) is 10.3 Å². The Morgan fingerprint density at radius 3 is 2.47 bits per heavy atom. The Hall–Kier alpha value is -2.10. The SMILES string of the molecule is N#C[C@]12O[C@@H](n3cnc4c(=O)[nH]c(N)nc43)[C@H](F)[C@@]1(O)C2OP(=O)(O)OP(=O)(O)OP(=O)(O)O. The first-order chi connectivity index (χ1) is 15.5. The average molecular weight is 548 g/mol. The van der Waals surface area contributed by atoms with Gasteiger partial charge in [0.25, 0.3) is 5.56 Å². The third kappa shape index (κ3) is 3.82. The monoisotopic (exact) mass is 548 g/mol. The van der Waals surface area contributed by atoms with Crippen molar-refractivity contribution in [2.45, 2.75) is 29.7 Å². The molecule has 0 aromatic carbocycles. The molecule has 0 radical (unpaired) electrons. The van der Waals surface area contributed by atoms with Crippen molar-refractivity contribution in [1.82, 2.24) is 19.5 Å². The molecule has 1 saturated heterocycles. The Bertz CT molecular complexity index is 1430. The van der Waals surface area contributed by atoms with Gasteiger partial charge in [0.1, 0.15) is 6.07 Å². The van der Waals surface area contributed by atoms with Crippen LogP contribution in [-0.4, -0.2) is 67.7 Å². The number of aromatic nitrogens is 4. The normalized spacial score (nSPS) is 34.2. The van der Waals surface area contributed by atoms with E-state index in [1.807, 2.05) is 0 Å². The second kappa shape index (κ2) is 7.45. The first kappa shape index (κ1) is 25.0. The number of alkyl halides is 1. The fourth-order valence-corrected chi connectivity index (χ4v) is 6.72. The zero-order chi connectivity index (χ0) is 25.5. The standard InChI is InChI=1S/C11H12FN6O13P3/c12-4-7(18-2-15-3-5(18)16-9(14)17-6(3)19)28-10(1-13)8(11(4,10)20)29-33(24,25)31-34(26,27)30-32(21,22)23/h2,4,7-8,20H,(H,24,25)(H,26,27)(H2,21,22,23)(H3,14,16,17,19)/t4-,7+,8?,10+,11+/m0/s1. The molecule has 3 unspecified atom stereocenters. The average Bonchev–Trinajstić information content (AvgIpc) is 2.92. The van der Waals surface area contributed by atoms with Gasteiger partial charge in [0.2, 0.25) is 11.5 Å². The fourth-order valence-electron chi connectivity index (χ4n) is 3.48. The van der Waals surface area contributed by atoms with Gasteiger partial charge in [-0.15, -0.1) is 0 Å². The fraction of sp³-hybridized carbons (Fsp3) is 0.455. The van der Waals surface area contributed by atoms with E-state index in [9.17, 15) is 38.6 Å². The molecule has 19 nitrogen and oxygen atoms in total. The molecule has 2 aliphatic rings. The molecule has 2 aromatic rings. The summed E-state index contributed by atoms with van der Waals surface area (Å²) in [5.41, 5.74) is -1.58. The summed E-state index contributed by atoms with van der Waals surface area (Å²) in [5, 5.41) is 20.2. The number of nitriles is 1. The predicted octanol–water partition coefficient (Wildman–Crippen LogP) is -1.71. The number of nitrogens with two attached hydrogens (primary N) is 1. The molecule has 2 aromatic heterocycles. The largest absolute Gasteiger partial charge is 0.490 e. The molecule has 8 N–H and O–H groups in total. The van der Waals surface area contributed by atoms with Crippen LogP contribution in [0.15, 0.2) is 11.1 Å². The molecule has 0 bridgehead atoms. The maximum absolute atomic E-state index is 15.3. The number of anilines is 1. The smallest absolute Gasteiger partial charge is 0.380 e. The summed E-state index contributed by atoms with van der Waals surface area (Å²) in [5.74, 6) is -0.378. The Morgan fingerprint density at radius 1 is 1.26 bits per heavy atom. The van der Waals surface area contributed by atoms with Crippen molar-refractivity contribution in [2.75, 3.05) is 5.73 Å². The lowest BCUT2D eigenvalue weighted by molar-refractivity contribution is -0.0730. The number of rotatable bonds is 7. The Kier molecular flexibility index (Phi) is 5.48. The van der Waals surface area contributed by atoms with E-state index in [2.05, 4.69) is 28.1 Å². The van der Waals surface area contributed by atoms with Gasteiger partial charge in [-0.3, -0.25) is 18.9 Å². The van der Waals surface area contributed by atoms with Crippen molar-refractivity contribution in [1.29, 1.82) is 5.26 Å². The number of H-pyrrole nitrogens is 1. The first-order valence-electron chi connectivity index (χ1n) is 8.46. The number of halogens is 1. The highest BCUT2D eigenvalue weighted by molar-refractivity contribution is 7.66. The van der Waals surface area contributed by atoms with Gasteiger partial charge in [0, 0.05) is 0 Å². The van der Waals surface area contributed by atoms with Crippen LogP contribution in [0.5, 0.6) is 0 Å². The van der Waals surface area contributed by atoms with Crippen LogP contribution in [0.2, 0.25) is 0 Å². The third-order valence-electron chi connectivity index (χ3n) is 4.80. The van der Waals surface area contributed by atoms with Gasteiger partial charge in [-0.2, -0.15) is 18.9 Å². The number of nitrogens with one attached hydrogen (secondary N) is 1. The van der Waals surface area contributed by atoms with E-state index in [-0.39, 0.29) is 17.1 Å². The minimum absolute atomic E-state index is 0.295. The van der Waals surface area contributed by atoms with Crippen molar-refractivity contribution >= 4 is 40.6 Å². The van der Waals surface area contributed by atoms with Gasteiger partial charge in [0.15, 0.2) is 35.3 Å². The number of nitrogens with zero attached hydrogens (tertiary/aromatic N) is 4. The highest BCUT2D eigenvalue weighted by atomic mass is 31.3. The number of ether oxygens (including phenoxy) is 1. The maximum Gasteiger partial charge on any atom is 0.490 e. The Balaban J connectivity index is 1.60. The molecule has 23 heteroatoms. The number of fused-ring (bicyclic) bond motifs is 2. The van der Waals surface area contributed by atoms with Crippen LogP contribution in [-0.2, 0) is 31.6 Å². The van der Waals surface area contributed by atoms with Crippen molar-refractivity contribution in [2.24, 2.45) is 0 Å². The second-order valence-corrected chi connectivity index (χ2v) is 11.3. The molecule has 1 aliphatic heterocycles. The number of phosphoric acid groups is 3. The molecule has 186 valence electrons. The summed E-state index contributed by atoms with van der Waals surface area (Å²) in [4.78, 5) is 57.4. The Labute approximate surface area is 185 Å². The van der Waals surface area contributed by atoms with Crippen LogP contribution in [0.3, 0.4) is 0 Å². The number of nitrogen functional groups attached to an aromatic ring is 1. The summed E-state index contributed by atoms with van der Waals surface area (Å²) in [6, 6.07) is 1.36. The number of aliphatic hydroxyl groups is 1. The third-order valence-corrected chi connectivity index (χ3v) is 8.61. The number of phosphoric ester groups is 1.